The molecule has 1 N–H and O–H groups in total. The number of imidazole rings is 2. The lowest BCUT2D eigenvalue weighted by atomic mass is 10.3. The number of carbonyl (C=O) groups is 2. The first-order chi connectivity index (χ1) is 15.6. The lowest BCUT2D eigenvalue weighted by molar-refractivity contribution is 0.111. The van der Waals surface area contributed by atoms with Crippen LogP contribution in [0.15, 0.2) is 24.8 Å². The second-order valence-electron chi connectivity index (χ2n) is 6.50. The number of aromatic nitrogens is 8. The minimum absolute atomic E-state index is 0.168. The summed E-state index contributed by atoms with van der Waals surface area (Å²) in [5.41, 5.74) is 2.59. The standard InChI is InChI=1S/C10H9ClN4O.C5H4Cl2N2.C5H6N2O/c1-6-3-12-10(11)14-9(6)15-4-8(5-16)13-7(15)2;1-3-2-8-5(7)9-4(3)6;1-4-6-2-5(3-8)7-4/h3-5H,1-2H3;2H,1H3;2-3H,1H3,(H,6,7). The molecule has 0 fully saturated rings. The second kappa shape index (κ2) is 12.1. The first-order valence-corrected chi connectivity index (χ1v) is 10.4. The van der Waals surface area contributed by atoms with Crippen LogP contribution in [0.1, 0.15) is 43.8 Å². The largest absolute Gasteiger partial charge is 0.340 e. The highest BCUT2D eigenvalue weighted by atomic mass is 35.5. The lowest BCUT2D eigenvalue weighted by Crippen LogP contribution is -2.02. The molecule has 0 atom stereocenters. The number of aldehydes is 2. The molecule has 4 heterocycles. The highest BCUT2D eigenvalue weighted by molar-refractivity contribution is 6.32. The molecule has 4 aromatic heterocycles. The molecule has 10 nitrogen and oxygen atoms in total. The minimum Gasteiger partial charge on any atom is -0.340 e. The number of aryl methyl sites for hydroxylation is 4. The number of H-pyrrole nitrogens is 1. The van der Waals surface area contributed by atoms with E-state index in [-0.39, 0.29) is 10.6 Å². The molecule has 0 amide bonds. The summed E-state index contributed by atoms with van der Waals surface area (Å²) in [6.45, 7) is 7.28. The van der Waals surface area contributed by atoms with Gasteiger partial charge in [0.15, 0.2) is 12.6 Å². The minimum atomic E-state index is 0.168. The monoisotopic (exact) mass is 508 g/mol. The van der Waals surface area contributed by atoms with E-state index < -0.39 is 0 Å². The van der Waals surface area contributed by atoms with Gasteiger partial charge in [0.05, 0.1) is 11.9 Å². The van der Waals surface area contributed by atoms with Gasteiger partial charge in [0.2, 0.25) is 10.6 Å². The molecule has 4 aromatic rings. The molecule has 0 spiro atoms. The SMILES string of the molecule is Cc1cnc(Cl)nc1-n1cc(C=O)nc1C.Cc1cnc(Cl)nc1Cl.Cc1ncc(C=O)[nH]1. The van der Waals surface area contributed by atoms with Gasteiger partial charge in [0, 0.05) is 29.7 Å². The third-order valence-electron chi connectivity index (χ3n) is 3.90. The molecule has 0 unspecified atom stereocenters. The Bertz CT molecular complexity index is 1260. The number of hydrogen-bond donors (Lipinski definition) is 1. The summed E-state index contributed by atoms with van der Waals surface area (Å²) in [5, 5.41) is 0.766. The molecule has 0 saturated heterocycles. The van der Waals surface area contributed by atoms with Crippen molar-refractivity contribution in [1.82, 2.24) is 39.5 Å². The maximum Gasteiger partial charge on any atom is 0.224 e. The summed E-state index contributed by atoms with van der Waals surface area (Å²) in [4.78, 5) is 46.6. The third-order valence-corrected chi connectivity index (χ3v) is 4.64. The van der Waals surface area contributed by atoms with Crippen molar-refractivity contribution in [2.75, 3.05) is 0 Å². The number of carbonyl (C=O) groups excluding carboxylic acids is 2. The van der Waals surface area contributed by atoms with Gasteiger partial charge in [-0.15, -0.1) is 0 Å². The Morgan fingerprint density at radius 2 is 1.45 bits per heavy atom. The fourth-order valence-corrected chi connectivity index (χ4v) is 2.76. The summed E-state index contributed by atoms with van der Waals surface area (Å²) in [5.74, 6) is 2.09. The lowest BCUT2D eigenvalue weighted by Gasteiger charge is -2.06. The van der Waals surface area contributed by atoms with Gasteiger partial charge in [-0.2, -0.15) is 4.98 Å². The molecule has 13 heteroatoms. The van der Waals surface area contributed by atoms with E-state index in [0.29, 0.717) is 34.5 Å². The van der Waals surface area contributed by atoms with Crippen molar-refractivity contribution in [2.24, 2.45) is 0 Å². The van der Waals surface area contributed by atoms with Crippen molar-refractivity contribution in [3.8, 4) is 5.82 Å². The zero-order valence-corrected chi connectivity index (χ0v) is 20.3. The molecule has 4 rings (SSSR count). The molecule has 0 saturated carbocycles. The van der Waals surface area contributed by atoms with Crippen molar-refractivity contribution in [3.63, 3.8) is 0 Å². The van der Waals surface area contributed by atoms with Crippen LogP contribution in [0.5, 0.6) is 0 Å². The van der Waals surface area contributed by atoms with Gasteiger partial charge in [-0.05, 0) is 50.9 Å². The average molecular weight is 510 g/mol. The van der Waals surface area contributed by atoms with Crippen LogP contribution in [0.2, 0.25) is 15.7 Å². The number of aromatic amines is 1. The molecular formula is C20H19Cl3N8O2. The van der Waals surface area contributed by atoms with Crippen LogP contribution in [0.3, 0.4) is 0 Å². The number of nitrogens with one attached hydrogen (secondary N) is 1. The Kier molecular flexibility index (Phi) is 9.58. The molecule has 33 heavy (non-hydrogen) atoms. The van der Waals surface area contributed by atoms with Crippen LogP contribution in [-0.2, 0) is 0 Å². The predicted molar refractivity (Wildman–Crippen MR) is 125 cm³/mol. The molecule has 0 bridgehead atoms. The van der Waals surface area contributed by atoms with Crippen LogP contribution in [-0.4, -0.2) is 52.0 Å². The van der Waals surface area contributed by atoms with Crippen molar-refractivity contribution in [1.29, 1.82) is 0 Å². The van der Waals surface area contributed by atoms with E-state index in [1.165, 1.54) is 6.20 Å². The van der Waals surface area contributed by atoms with Gasteiger partial charge >= 0.3 is 0 Å². The number of nitrogens with zero attached hydrogens (tertiary/aromatic N) is 7. The van der Waals surface area contributed by atoms with Gasteiger partial charge in [-0.1, -0.05) is 11.6 Å². The Hall–Kier alpha value is -3.21. The van der Waals surface area contributed by atoms with Gasteiger partial charge < -0.3 is 4.98 Å². The van der Waals surface area contributed by atoms with Gasteiger partial charge in [0.25, 0.3) is 0 Å². The van der Waals surface area contributed by atoms with E-state index in [2.05, 4.69) is 34.9 Å². The normalized spacial score (nSPS) is 9.91. The maximum absolute atomic E-state index is 10.6. The Labute approximate surface area is 204 Å². The quantitative estimate of drug-likeness (QED) is 0.245. The van der Waals surface area contributed by atoms with Crippen molar-refractivity contribution < 1.29 is 9.59 Å². The van der Waals surface area contributed by atoms with Crippen molar-refractivity contribution in [3.05, 3.63) is 74.7 Å². The van der Waals surface area contributed by atoms with Gasteiger partial charge in [-0.25, -0.2) is 24.9 Å². The molecule has 0 aliphatic rings. The van der Waals surface area contributed by atoms with Crippen LogP contribution in [0.25, 0.3) is 5.82 Å². The zero-order valence-electron chi connectivity index (χ0n) is 18.0. The topological polar surface area (TPSA) is 132 Å². The molecule has 0 aliphatic carbocycles. The summed E-state index contributed by atoms with van der Waals surface area (Å²) in [6, 6.07) is 0. The highest BCUT2D eigenvalue weighted by Gasteiger charge is 2.10. The maximum atomic E-state index is 10.6. The molecule has 0 aromatic carbocycles. The van der Waals surface area contributed by atoms with E-state index >= 15 is 0 Å². The number of hydrogen-bond acceptors (Lipinski definition) is 8. The van der Waals surface area contributed by atoms with E-state index in [1.807, 2.05) is 13.8 Å². The number of rotatable bonds is 3. The van der Waals surface area contributed by atoms with E-state index in [1.54, 1.807) is 37.0 Å². The van der Waals surface area contributed by atoms with Crippen LogP contribution in [0, 0.1) is 27.7 Å². The summed E-state index contributed by atoms with van der Waals surface area (Å²) in [7, 11) is 0. The highest BCUT2D eigenvalue weighted by Crippen LogP contribution is 2.15. The van der Waals surface area contributed by atoms with Crippen LogP contribution < -0.4 is 0 Å². The number of halogens is 3. The van der Waals surface area contributed by atoms with Crippen molar-refractivity contribution >= 4 is 47.4 Å². The second-order valence-corrected chi connectivity index (χ2v) is 7.54. The smallest absolute Gasteiger partial charge is 0.224 e. The van der Waals surface area contributed by atoms with Gasteiger partial charge in [-0.3, -0.25) is 14.2 Å². The fourth-order valence-electron chi connectivity index (χ4n) is 2.32. The Morgan fingerprint density at radius 1 is 0.818 bits per heavy atom. The van der Waals surface area contributed by atoms with Crippen molar-refractivity contribution in [2.45, 2.75) is 27.7 Å². The van der Waals surface area contributed by atoms with E-state index in [0.717, 1.165) is 23.2 Å². The first-order valence-electron chi connectivity index (χ1n) is 9.26. The molecule has 0 aliphatic heterocycles. The average Bonchev–Trinajstić information content (AvgIpc) is 3.38. The van der Waals surface area contributed by atoms with Gasteiger partial charge in [0.1, 0.15) is 28.3 Å². The van der Waals surface area contributed by atoms with Crippen LogP contribution in [0.4, 0.5) is 0 Å². The van der Waals surface area contributed by atoms with E-state index in [9.17, 15) is 9.59 Å². The molecule has 172 valence electrons. The molecule has 0 radical (unpaired) electrons. The summed E-state index contributed by atoms with van der Waals surface area (Å²) >= 11 is 16.7. The first kappa shape index (κ1) is 26.0. The van der Waals surface area contributed by atoms with E-state index in [4.69, 9.17) is 34.8 Å². The zero-order chi connectivity index (χ0) is 24.5. The predicted octanol–water partition coefficient (Wildman–Crippen LogP) is 4.37. The molecular weight excluding hydrogens is 491 g/mol. The summed E-state index contributed by atoms with van der Waals surface area (Å²) in [6.07, 6.45) is 7.76. The Balaban J connectivity index is 0.000000192. The third kappa shape index (κ3) is 7.70. The fraction of sp³-hybridized carbons (Fsp3) is 0.200. The summed E-state index contributed by atoms with van der Waals surface area (Å²) < 4.78 is 1.71. The Morgan fingerprint density at radius 3 is 1.91 bits per heavy atom. The van der Waals surface area contributed by atoms with Crippen LogP contribution >= 0.6 is 34.8 Å².